The molecule has 0 aliphatic carbocycles. The van der Waals surface area contributed by atoms with Gasteiger partial charge >= 0.3 is 0 Å². The van der Waals surface area contributed by atoms with E-state index in [1.54, 1.807) is 18.3 Å². The summed E-state index contributed by atoms with van der Waals surface area (Å²) in [6.07, 6.45) is 4.76. The van der Waals surface area contributed by atoms with Gasteiger partial charge in [-0.25, -0.2) is 4.98 Å². The van der Waals surface area contributed by atoms with Crippen molar-refractivity contribution in [2.45, 2.75) is 12.5 Å². The predicted octanol–water partition coefficient (Wildman–Crippen LogP) is 0.851. The highest BCUT2D eigenvalue weighted by atomic mass is 16.2. The number of para-hydroxylation sites is 2. The Kier molecular flexibility index (Phi) is 4.42. The van der Waals surface area contributed by atoms with E-state index in [1.165, 1.54) is 12.4 Å². The quantitative estimate of drug-likeness (QED) is 0.724. The van der Waals surface area contributed by atoms with Crippen LogP contribution in [-0.2, 0) is 11.2 Å². The van der Waals surface area contributed by atoms with E-state index in [2.05, 4.69) is 20.3 Å². The first-order valence-corrected chi connectivity index (χ1v) is 7.34. The van der Waals surface area contributed by atoms with E-state index in [9.17, 15) is 9.59 Å². The van der Waals surface area contributed by atoms with Gasteiger partial charge < -0.3 is 11.1 Å². The van der Waals surface area contributed by atoms with Gasteiger partial charge in [-0.05, 0) is 24.3 Å². The van der Waals surface area contributed by atoms with Crippen molar-refractivity contribution in [3.05, 3.63) is 66.2 Å². The third-order valence-electron chi connectivity index (χ3n) is 3.50. The molecule has 0 bridgehead atoms. The maximum atomic E-state index is 12.2. The zero-order valence-corrected chi connectivity index (χ0v) is 12.7. The second-order valence-electron chi connectivity index (χ2n) is 5.22. The number of primary amides is 1. The minimum Gasteiger partial charge on any atom is -0.368 e. The van der Waals surface area contributed by atoms with Gasteiger partial charge in [0.1, 0.15) is 6.04 Å². The third-order valence-corrected chi connectivity index (χ3v) is 3.50. The van der Waals surface area contributed by atoms with Gasteiger partial charge in [0.15, 0.2) is 0 Å². The van der Waals surface area contributed by atoms with Crippen LogP contribution in [0.4, 0.5) is 0 Å². The summed E-state index contributed by atoms with van der Waals surface area (Å²) in [4.78, 5) is 36.5. The van der Waals surface area contributed by atoms with Gasteiger partial charge in [-0.1, -0.05) is 12.1 Å². The van der Waals surface area contributed by atoms with Gasteiger partial charge in [0.2, 0.25) is 5.91 Å². The number of amides is 2. The summed E-state index contributed by atoms with van der Waals surface area (Å²) >= 11 is 0. The van der Waals surface area contributed by atoms with Crippen molar-refractivity contribution in [1.29, 1.82) is 0 Å². The highest BCUT2D eigenvalue weighted by molar-refractivity contribution is 5.97. The molecule has 0 unspecified atom stereocenters. The third kappa shape index (κ3) is 3.52. The van der Waals surface area contributed by atoms with Gasteiger partial charge in [-0.3, -0.25) is 19.6 Å². The van der Waals surface area contributed by atoms with Crippen LogP contribution in [0.2, 0.25) is 0 Å². The van der Waals surface area contributed by atoms with Gasteiger partial charge in [-0.2, -0.15) is 0 Å². The number of aromatic nitrogens is 3. The molecule has 0 saturated carbocycles. The Morgan fingerprint density at radius 3 is 2.50 bits per heavy atom. The summed E-state index contributed by atoms with van der Waals surface area (Å²) in [5.74, 6) is -1.03. The molecule has 1 atom stereocenters. The summed E-state index contributed by atoms with van der Waals surface area (Å²) in [6, 6.07) is 9.66. The second-order valence-corrected chi connectivity index (χ2v) is 5.22. The average Bonchev–Trinajstić information content (AvgIpc) is 2.61. The number of nitrogens with zero attached hydrogens (tertiary/aromatic N) is 3. The molecule has 3 N–H and O–H groups in total. The summed E-state index contributed by atoms with van der Waals surface area (Å²) in [5, 5.41) is 2.62. The van der Waals surface area contributed by atoms with Crippen molar-refractivity contribution in [1.82, 2.24) is 20.3 Å². The first-order chi connectivity index (χ1) is 11.6. The van der Waals surface area contributed by atoms with E-state index in [-0.39, 0.29) is 6.42 Å². The standard InChI is InChI=1S/C17H15N5O2/c18-16(23)15(22-17(24)11-5-7-19-8-6-11)9-12-10-20-13-3-1-2-4-14(13)21-12/h1-8,10,15H,9H2,(H2,18,23)(H,22,24)/t15-/m1/s1. The second kappa shape index (κ2) is 6.82. The number of hydrogen-bond donors (Lipinski definition) is 2. The van der Waals surface area contributed by atoms with Gasteiger partial charge in [0.05, 0.1) is 16.7 Å². The Morgan fingerprint density at radius 2 is 1.79 bits per heavy atom. The molecule has 3 aromatic rings. The fraction of sp³-hybridized carbons (Fsp3) is 0.118. The van der Waals surface area contributed by atoms with Crippen LogP contribution >= 0.6 is 0 Å². The number of pyridine rings is 1. The molecule has 0 spiro atoms. The summed E-state index contributed by atoms with van der Waals surface area (Å²) in [5.41, 5.74) is 7.87. The lowest BCUT2D eigenvalue weighted by atomic mass is 10.1. The van der Waals surface area contributed by atoms with E-state index in [0.717, 1.165) is 11.0 Å². The molecule has 0 saturated heterocycles. The molecule has 2 heterocycles. The van der Waals surface area contributed by atoms with Crippen LogP contribution in [0.3, 0.4) is 0 Å². The Labute approximate surface area is 138 Å². The highest BCUT2D eigenvalue weighted by Gasteiger charge is 2.20. The van der Waals surface area contributed by atoms with Crippen molar-refractivity contribution in [2.75, 3.05) is 0 Å². The van der Waals surface area contributed by atoms with Crippen LogP contribution in [0.1, 0.15) is 16.1 Å². The molecule has 7 nitrogen and oxygen atoms in total. The topological polar surface area (TPSA) is 111 Å². The molecule has 2 amide bonds. The Bertz CT molecular complexity index is 882. The minimum atomic E-state index is -0.874. The van der Waals surface area contributed by atoms with Crippen molar-refractivity contribution in [2.24, 2.45) is 5.73 Å². The average molecular weight is 321 g/mol. The Morgan fingerprint density at radius 1 is 1.08 bits per heavy atom. The molecule has 0 radical (unpaired) electrons. The van der Waals surface area contributed by atoms with Gasteiger partial charge in [0.25, 0.3) is 5.91 Å². The summed E-state index contributed by atoms with van der Waals surface area (Å²) in [6.45, 7) is 0. The first-order valence-electron chi connectivity index (χ1n) is 7.34. The molecule has 0 fully saturated rings. The number of carbonyl (C=O) groups is 2. The molecular formula is C17H15N5O2. The lowest BCUT2D eigenvalue weighted by Crippen LogP contribution is -2.46. The first kappa shape index (κ1) is 15.5. The van der Waals surface area contributed by atoms with Gasteiger partial charge in [-0.15, -0.1) is 0 Å². The molecule has 7 heteroatoms. The zero-order valence-electron chi connectivity index (χ0n) is 12.7. The van der Waals surface area contributed by atoms with E-state index < -0.39 is 17.9 Å². The molecule has 24 heavy (non-hydrogen) atoms. The fourth-order valence-corrected chi connectivity index (χ4v) is 2.27. The maximum absolute atomic E-state index is 12.2. The van der Waals surface area contributed by atoms with E-state index in [4.69, 9.17) is 5.73 Å². The largest absolute Gasteiger partial charge is 0.368 e. The number of fused-ring (bicyclic) bond motifs is 1. The molecule has 0 aliphatic rings. The van der Waals surface area contributed by atoms with E-state index >= 15 is 0 Å². The van der Waals surface area contributed by atoms with Crippen LogP contribution in [0.5, 0.6) is 0 Å². The molecule has 1 aromatic carbocycles. The molecule has 0 aliphatic heterocycles. The number of rotatable bonds is 5. The number of benzene rings is 1. The van der Waals surface area contributed by atoms with Crippen molar-refractivity contribution >= 4 is 22.8 Å². The highest BCUT2D eigenvalue weighted by Crippen LogP contribution is 2.10. The lowest BCUT2D eigenvalue weighted by molar-refractivity contribution is -0.119. The van der Waals surface area contributed by atoms with Crippen molar-refractivity contribution in [3.8, 4) is 0 Å². The van der Waals surface area contributed by atoms with Crippen LogP contribution < -0.4 is 11.1 Å². The normalized spacial score (nSPS) is 11.8. The maximum Gasteiger partial charge on any atom is 0.252 e. The summed E-state index contributed by atoms with van der Waals surface area (Å²) in [7, 11) is 0. The number of nitrogens with two attached hydrogens (primary N) is 1. The lowest BCUT2D eigenvalue weighted by Gasteiger charge is -2.15. The molecule has 2 aromatic heterocycles. The molecule has 120 valence electrons. The smallest absolute Gasteiger partial charge is 0.252 e. The van der Waals surface area contributed by atoms with Crippen molar-refractivity contribution < 1.29 is 9.59 Å². The van der Waals surface area contributed by atoms with Crippen LogP contribution in [0.25, 0.3) is 11.0 Å². The zero-order chi connectivity index (χ0) is 16.9. The van der Waals surface area contributed by atoms with Crippen molar-refractivity contribution in [3.63, 3.8) is 0 Å². The van der Waals surface area contributed by atoms with Crippen LogP contribution in [0, 0.1) is 0 Å². The Balaban J connectivity index is 1.78. The number of hydrogen-bond acceptors (Lipinski definition) is 5. The van der Waals surface area contributed by atoms with Crippen LogP contribution in [0.15, 0.2) is 55.0 Å². The number of carbonyl (C=O) groups excluding carboxylic acids is 2. The summed E-state index contributed by atoms with van der Waals surface area (Å²) < 4.78 is 0. The van der Waals surface area contributed by atoms with Crippen LogP contribution in [-0.4, -0.2) is 32.8 Å². The van der Waals surface area contributed by atoms with E-state index in [1.807, 2.05) is 24.3 Å². The molecule has 3 rings (SSSR count). The fourth-order valence-electron chi connectivity index (χ4n) is 2.27. The van der Waals surface area contributed by atoms with Gasteiger partial charge in [0, 0.05) is 30.6 Å². The Hall–Kier alpha value is -3.35. The monoisotopic (exact) mass is 321 g/mol. The number of nitrogens with one attached hydrogen (secondary N) is 1. The predicted molar refractivity (Wildman–Crippen MR) is 87.9 cm³/mol. The molecular weight excluding hydrogens is 306 g/mol. The SMILES string of the molecule is NC(=O)[C@@H](Cc1cnc2ccccc2n1)NC(=O)c1ccncc1. The minimum absolute atomic E-state index is 0.171. The van der Waals surface area contributed by atoms with E-state index in [0.29, 0.717) is 11.3 Å².